The van der Waals surface area contributed by atoms with Crippen molar-refractivity contribution in [2.75, 3.05) is 33.4 Å². The molecule has 2 rings (SSSR count). The van der Waals surface area contributed by atoms with Crippen LogP contribution in [0, 0.1) is 0 Å². The van der Waals surface area contributed by atoms with Crippen LogP contribution in [0.4, 0.5) is 0 Å². The summed E-state index contributed by atoms with van der Waals surface area (Å²) >= 11 is 0. The maximum atomic E-state index is 12.1. The SMILES string of the molecule is CCCOCC(=O)N1CCCC(n2ccc(C(=O)NC)n2)C1. The second kappa shape index (κ2) is 7.93. The number of piperidine rings is 1. The van der Waals surface area contributed by atoms with Gasteiger partial charge in [0.1, 0.15) is 12.3 Å². The fourth-order valence-corrected chi connectivity index (χ4v) is 2.58. The van der Waals surface area contributed by atoms with E-state index in [1.165, 1.54) is 0 Å². The van der Waals surface area contributed by atoms with Gasteiger partial charge in [0.05, 0.1) is 6.04 Å². The number of rotatable bonds is 6. The lowest BCUT2D eigenvalue weighted by Crippen LogP contribution is -2.42. The van der Waals surface area contributed by atoms with Gasteiger partial charge in [-0.1, -0.05) is 6.92 Å². The minimum absolute atomic E-state index is 0.0248. The Labute approximate surface area is 130 Å². The van der Waals surface area contributed by atoms with E-state index < -0.39 is 0 Å². The minimum atomic E-state index is -0.199. The van der Waals surface area contributed by atoms with Gasteiger partial charge in [0.15, 0.2) is 0 Å². The van der Waals surface area contributed by atoms with Crippen molar-refractivity contribution in [1.82, 2.24) is 20.0 Å². The molecule has 1 aliphatic rings. The average molecular weight is 308 g/mol. The van der Waals surface area contributed by atoms with Crippen LogP contribution in [-0.2, 0) is 9.53 Å². The van der Waals surface area contributed by atoms with Gasteiger partial charge in [0.2, 0.25) is 5.91 Å². The van der Waals surface area contributed by atoms with E-state index >= 15 is 0 Å². The molecule has 0 aliphatic carbocycles. The van der Waals surface area contributed by atoms with Crippen LogP contribution in [0.25, 0.3) is 0 Å². The molecule has 1 aromatic heterocycles. The Kier molecular flexibility index (Phi) is 5.94. The molecule has 1 unspecified atom stereocenters. The summed E-state index contributed by atoms with van der Waals surface area (Å²) in [6.07, 6.45) is 4.59. The first-order chi connectivity index (χ1) is 10.7. The van der Waals surface area contributed by atoms with Gasteiger partial charge in [0.25, 0.3) is 5.91 Å². The third-order valence-electron chi connectivity index (χ3n) is 3.77. The van der Waals surface area contributed by atoms with Crippen molar-refractivity contribution >= 4 is 11.8 Å². The maximum Gasteiger partial charge on any atom is 0.271 e. The summed E-state index contributed by atoms with van der Waals surface area (Å²) in [5, 5.41) is 6.87. The van der Waals surface area contributed by atoms with E-state index in [2.05, 4.69) is 10.4 Å². The Bertz CT molecular complexity index is 515. The lowest BCUT2D eigenvalue weighted by atomic mass is 10.1. The Hall–Kier alpha value is -1.89. The Morgan fingerprint density at radius 2 is 2.32 bits per heavy atom. The summed E-state index contributed by atoms with van der Waals surface area (Å²) < 4.78 is 7.11. The van der Waals surface area contributed by atoms with Crippen molar-refractivity contribution in [1.29, 1.82) is 0 Å². The van der Waals surface area contributed by atoms with E-state index in [4.69, 9.17) is 4.74 Å². The van der Waals surface area contributed by atoms with Crippen molar-refractivity contribution in [3.63, 3.8) is 0 Å². The normalized spacial score (nSPS) is 18.3. The van der Waals surface area contributed by atoms with Gasteiger partial charge in [-0.15, -0.1) is 0 Å². The Morgan fingerprint density at radius 1 is 1.50 bits per heavy atom. The predicted molar refractivity (Wildman–Crippen MR) is 81.6 cm³/mol. The van der Waals surface area contributed by atoms with Crippen molar-refractivity contribution in [2.24, 2.45) is 0 Å². The van der Waals surface area contributed by atoms with E-state index in [1.807, 2.05) is 11.8 Å². The maximum absolute atomic E-state index is 12.1. The lowest BCUT2D eigenvalue weighted by Gasteiger charge is -2.32. The van der Waals surface area contributed by atoms with Gasteiger partial charge in [-0.25, -0.2) is 0 Å². The van der Waals surface area contributed by atoms with Crippen molar-refractivity contribution in [3.05, 3.63) is 18.0 Å². The number of hydrogen-bond acceptors (Lipinski definition) is 4. The fraction of sp³-hybridized carbons (Fsp3) is 0.667. The quantitative estimate of drug-likeness (QED) is 0.790. The molecular formula is C15H24N4O3. The number of hydrogen-bond donors (Lipinski definition) is 1. The molecule has 7 heteroatoms. The van der Waals surface area contributed by atoms with E-state index in [9.17, 15) is 9.59 Å². The van der Waals surface area contributed by atoms with Gasteiger partial charge >= 0.3 is 0 Å². The van der Waals surface area contributed by atoms with Gasteiger partial charge in [-0.2, -0.15) is 5.10 Å². The van der Waals surface area contributed by atoms with Crippen LogP contribution in [0.1, 0.15) is 42.7 Å². The highest BCUT2D eigenvalue weighted by Gasteiger charge is 2.25. The van der Waals surface area contributed by atoms with Crippen LogP contribution in [0.3, 0.4) is 0 Å². The molecule has 7 nitrogen and oxygen atoms in total. The highest BCUT2D eigenvalue weighted by Crippen LogP contribution is 2.21. The Balaban J connectivity index is 1.94. The van der Waals surface area contributed by atoms with Crippen LogP contribution in [-0.4, -0.2) is 59.8 Å². The number of carbonyl (C=O) groups excluding carboxylic acids is 2. The third kappa shape index (κ3) is 4.07. The molecule has 2 amide bonds. The van der Waals surface area contributed by atoms with Gasteiger partial charge in [-0.05, 0) is 25.3 Å². The molecule has 0 radical (unpaired) electrons. The molecule has 22 heavy (non-hydrogen) atoms. The number of likely N-dealkylation sites (tertiary alicyclic amines) is 1. The topological polar surface area (TPSA) is 76.5 Å². The van der Waals surface area contributed by atoms with Crippen LogP contribution >= 0.6 is 0 Å². The van der Waals surface area contributed by atoms with Crippen molar-refractivity contribution < 1.29 is 14.3 Å². The lowest BCUT2D eigenvalue weighted by molar-refractivity contribution is -0.137. The zero-order valence-electron chi connectivity index (χ0n) is 13.2. The summed E-state index contributed by atoms with van der Waals surface area (Å²) in [4.78, 5) is 25.5. The van der Waals surface area contributed by atoms with E-state index in [0.29, 0.717) is 18.8 Å². The molecule has 1 saturated heterocycles. The summed E-state index contributed by atoms with van der Waals surface area (Å²) in [5.41, 5.74) is 0.400. The van der Waals surface area contributed by atoms with Crippen LogP contribution in [0.2, 0.25) is 0 Å². The van der Waals surface area contributed by atoms with E-state index in [0.717, 1.165) is 25.8 Å². The summed E-state index contributed by atoms with van der Waals surface area (Å²) in [7, 11) is 1.58. The molecule has 1 fully saturated rings. The third-order valence-corrected chi connectivity index (χ3v) is 3.77. The summed E-state index contributed by atoms with van der Waals surface area (Å²) in [5.74, 6) is -0.174. The van der Waals surface area contributed by atoms with E-state index in [1.54, 1.807) is 24.0 Å². The molecule has 1 atom stereocenters. The first-order valence-electron chi connectivity index (χ1n) is 7.78. The molecule has 1 aliphatic heterocycles. The summed E-state index contributed by atoms with van der Waals surface area (Å²) in [6, 6.07) is 1.81. The first-order valence-corrected chi connectivity index (χ1v) is 7.78. The highest BCUT2D eigenvalue weighted by molar-refractivity contribution is 5.91. The second-order valence-electron chi connectivity index (χ2n) is 5.45. The van der Waals surface area contributed by atoms with Crippen LogP contribution in [0.15, 0.2) is 12.3 Å². The molecule has 1 aromatic rings. The van der Waals surface area contributed by atoms with Gasteiger partial charge in [0, 0.05) is 32.9 Å². The number of aromatic nitrogens is 2. The second-order valence-corrected chi connectivity index (χ2v) is 5.45. The summed E-state index contributed by atoms with van der Waals surface area (Å²) in [6.45, 7) is 4.14. The van der Waals surface area contributed by atoms with Crippen LogP contribution in [0.5, 0.6) is 0 Å². The van der Waals surface area contributed by atoms with Crippen LogP contribution < -0.4 is 5.32 Å². The molecule has 2 heterocycles. The van der Waals surface area contributed by atoms with Gasteiger partial charge < -0.3 is 15.0 Å². The molecule has 122 valence electrons. The number of carbonyl (C=O) groups is 2. The zero-order valence-corrected chi connectivity index (χ0v) is 13.2. The number of nitrogens with zero attached hydrogens (tertiary/aromatic N) is 3. The van der Waals surface area contributed by atoms with Gasteiger partial charge in [-0.3, -0.25) is 14.3 Å². The first kappa shape index (κ1) is 16.5. The van der Waals surface area contributed by atoms with Crippen molar-refractivity contribution in [3.8, 4) is 0 Å². The monoisotopic (exact) mass is 308 g/mol. The standard InChI is InChI=1S/C15H24N4O3/c1-3-9-22-11-14(20)18-7-4-5-12(10-18)19-8-6-13(17-19)15(21)16-2/h6,8,12H,3-5,7,9-11H2,1-2H3,(H,16,21). The average Bonchev–Trinajstić information content (AvgIpc) is 3.04. The zero-order chi connectivity index (χ0) is 15.9. The van der Waals surface area contributed by atoms with Crippen molar-refractivity contribution in [2.45, 2.75) is 32.2 Å². The number of amides is 2. The highest BCUT2D eigenvalue weighted by atomic mass is 16.5. The molecule has 0 saturated carbocycles. The number of ether oxygens (including phenoxy) is 1. The largest absolute Gasteiger partial charge is 0.372 e. The Morgan fingerprint density at radius 3 is 3.05 bits per heavy atom. The predicted octanol–water partition coefficient (Wildman–Crippen LogP) is 0.833. The molecule has 0 bridgehead atoms. The minimum Gasteiger partial charge on any atom is -0.372 e. The molecular weight excluding hydrogens is 284 g/mol. The number of nitrogens with one attached hydrogen (secondary N) is 1. The molecule has 0 aromatic carbocycles. The fourth-order valence-electron chi connectivity index (χ4n) is 2.58. The molecule has 0 spiro atoms. The smallest absolute Gasteiger partial charge is 0.271 e. The molecule has 1 N–H and O–H groups in total. The van der Waals surface area contributed by atoms with E-state index in [-0.39, 0.29) is 24.5 Å².